The Balaban J connectivity index is 0.000000535. The number of benzene rings is 1. The number of ether oxygens (including phenoxy) is 1. The van der Waals surface area contributed by atoms with Gasteiger partial charge in [-0.15, -0.1) is 4.31 Å². The first kappa shape index (κ1) is 23.3. The van der Waals surface area contributed by atoms with Crippen molar-refractivity contribution in [2.24, 2.45) is 0 Å². The Labute approximate surface area is 149 Å². The van der Waals surface area contributed by atoms with Gasteiger partial charge in [0.25, 0.3) is 0 Å². The van der Waals surface area contributed by atoms with Gasteiger partial charge in [-0.2, -0.15) is 8.42 Å². The number of hydrogen-bond acceptors (Lipinski definition) is 7. The van der Waals surface area contributed by atoms with Gasteiger partial charge in [0.1, 0.15) is 13.3 Å². The van der Waals surface area contributed by atoms with Crippen molar-refractivity contribution in [3.8, 4) is 0 Å². The number of aryl methyl sites for hydroxylation is 2. The van der Waals surface area contributed by atoms with E-state index < -0.39 is 22.9 Å². The molecule has 0 heterocycles. The third kappa shape index (κ3) is 8.82. The van der Waals surface area contributed by atoms with Crippen molar-refractivity contribution < 1.29 is 27.2 Å². The minimum atomic E-state index is -4.17. The summed E-state index contributed by atoms with van der Waals surface area (Å²) in [6, 6.07) is 6.05. The summed E-state index contributed by atoms with van der Waals surface area (Å²) in [5.41, 5.74) is 8.92. The van der Waals surface area contributed by atoms with Crippen LogP contribution in [-0.4, -0.2) is 50.3 Å². The van der Waals surface area contributed by atoms with Crippen molar-refractivity contribution in [1.29, 1.82) is 0 Å². The van der Waals surface area contributed by atoms with E-state index in [0.717, 1.165) is 21.1 Å². The summed E-state index contributed by atoms with van der Waals surface area (Å²) in [5.74, 6) is -1.21. The first-order valence-electron chi connectivity index (χ1n) is 7.92. The lowest BCUT2D eigenvalue weighted by atomic mass is 10.1. The lowest BCUT2D eigenvalue weighted by Crippen LogP contribution is -2.37. The molecule has 0 unspecified atom stereocenters. The second-order valence-corrected chi connectivity index (χ2v) is 6.71. The van der Waals surface area contributed by atoms with E-state index in [1.807, 2.05) is 32.0 Å². The van der Waals surface area contributed by atoms with E-state index in [9.17, 15) is 13.2 Å². The number of rotatable bonds is 8. The molecule has 0 spiro atoms. The van der Waals surface area contributed by atoms with Crippen LogP contribution in [0.3, 0.4) is 0 Å². The third-order valence-corrected chi connectivity index (χ3v) is 4.42. The largest absolute Gasteiger partial charge is 0.398 e. The molecule has 0 fully saturated rings. The fourth-order valence-corrected chi connectivity index (χ4v) is 2.71. The van der Waals surface area contributed by atoms with E-state index in [1.165, 1.54) is 0 Å². The van der Waals surface area contributed by atoms with Crippen LogP contribution in [0.4, 0.5) is 5.69 Å². The Hall–Kier alpha value is -1.68. The molecular formula is C16H28N2O6S. The first-order valence-corrected chi connectivity index (χ1v) is 9.28. The molecule has 0 amide bonds. The molecule has 0 saturated carbocycles. The van der Waals surface area contributed by atoms with Crippen molar-refractivity contribution in [1.82, 2.24) is 4.31 Å². The van der Waals surface area contributed by atoms with Gasteiger partial charge in [-0.3, -0.25) is 0 Å². The van der Waals surface area contributed by atoms with Crippen LogP contribution in [-0.2, 0) is 24.0 Å². The molecule has 25 heavy (non-hydrogen) atoms. The fraction of sp³-hybridized carbons (Fsp3) is 0.562. The maximum atomic E-state index is 11.5. The van der Waals surface area contributed by atoms with Gasteiger partial charge in [0.15, 0.2) is 0 Å². The lowest BCUT2D eigenvalue weighted by molar-refractivity contribution is -0.137. The number of aliphatic hydroxyl groups excluding tert-OH is 1. The Morgan fingerprint density at radius 3 is 2.20 bits per heavy atom. The van der Waals surface area contributed by atoms with Crippen molar-refractivity contribution in [2.75, 3.05) is 32.2 Å². The van der Waals surface area contributed by atoms with E-state index in [4.69, 9.17) is 15.6 Å². The molecule has 1 rings (SSSR count). The standard InChI is InChI=1S/C8H17NO6S.C8H11N/c1-3-5-9(7-14-4-2)16(12,13)15-8(11)6-10;1-6-4-3-5-7(2)8(6)9/h10H,3-7H2,1-2H3;3-5H,9H2,1-2H3. The number of carbonyl (C=O) groups excluding carboxylic acids is 1. The highest BCUT2D eigenvalue weighted by atomic mass is 32.2. The molecule has 0 aliphatic carbocycles. The molecule has 0 aromatic heterocycles. The number of carbonyl (C=O) groups is 1. The number of nitrogen functional groups attached to an aromatic ring is 1. The van der Waals surface area contributed by atoms with Gasteiger partial charge in [0.2, 0.25) is 0 Å². The van der Waals surface area contributed by atoms with Crippen molar-refractivity contribution in [3.05, 3.63) is 29.3 Å². The molecule has 1 aromatic rings. The topological polar surface area (TPSA) is 119 Å². The Morgan fingerprint density at radius 1 is 1.24 bits per heavy atom. The molecule has 0 aliphatic heterocycles. The molecule has 9 heteroatoms. The maximum Gasteiger partial charge on any atom is 0.389 e. The summed E-state index contributed by atoms with van der Waals surface area (Å²) >= 11 is 0. The van der Waals surface area contributed by atoms with E-state index in [2.05, 4.69) is 4.18 Å². The Bertz CT molecular complexity index is 613. The zero-order valence-electron chi connectivity index (χ0n) is 15.2. The third-order valence-electron chi connectivity index (χ3n) is 3.10. The fourth-order valence-electron chi connectivity index (χ4n) is 1.71. The minimum Gasteiger partial charge on any atom is -0.398 e. The van der Waals surface area contributed by atoms with Gasteiger partial charge < -0.3 is 19.8 Å². The molecule has 0 radical (unpaired) electrons. The molecule has 0 atom stereocenters. The van der Waals surface area contributed by atoms with Crippen LogP contribution in [0.5, 0.6) is 0 Å². The molecule has 0 saturated heterocycles. The summed E-state index contributed by atoms with van der Waals surface area (Å²) < 4.78 is 32.9. The monoisotopic (exact) mass is 376 g/mol. The van der Waals surface area contributed by atoms with E-state index in [0.29, 0.717) is 13.0 Å². The predicted molar refractivity (Wildman–Crippen MR) is 95.9 cm³/mol. The van der Waals surface area contributed by atoms with Gasteiger partial charge in [0.05, 0.1) is 0 Å². The SMILES string of the molecule is CCCN(COCC)S(=O)(=O)OC(=O)CO.Cc1cccc(C)c1N. The highest BCUT2D eigenvalue weighted by Crippen LogP contribution is 2.13. The van der Waals surface area contributed by atoms with Crippen LogP contribution in [0, 0.1) is 13.8 Å². The Kier molecular flexibility index (Phi) is 11.0. The zero-order chi connectivity index (χ0) is 19.5. The molecule has 3 N–H and O–H groups in total. The average molecular weight is 376 g/mol. The predicted octanol–water partition coefficient (Wildman–Crippen LogP) is 1.36. The highest BCUT2D eigenvalue weighted by molar-refractivity contribution is 7.84. The van der Waals surface area contributed by atoms with Crippen LogP contribution in [0.15, 0.2) is 18.2 Å². The van der Waals surface area contributed by atoms with Crippen LogP contribution in [0.1, 0.15) is 31.4 Å². The molecule has 0 aliphatic rings. The first-order chi connectivity index (χ1) is 11.7. The lowest BCUT2D eigenvalue weighted by Gasteiger charge is -2.19. The molecule has 1 aromatic carbocycles. The van der Waals surface area contributed by atoms with E-state index in [1.54, 1.807) is 13.8 Å². The van der Waals surface area contributed by atoms with Crippen LogP contribution in [0.2, 0.25) is 0 Å². The second kappa shape index (κ2) is 11.8. The summed E-state index contributed by atoms with van der Waals surface area (Å²) in [6.45, 7) is 6.91. The smallest absolute Gasteiger partial charge is 0.389 e. The second-order valence-electron chi connectivity index (χ2n) is 5.17. The number of anilines is 1. The summed E-state index contributed by atoms with van der Waals surface area (Å²) in [7, 11) is -4.17. The van der Waals surface area contributed by atoms with Crippen LogP contribution >= 0.6 is 0 Å². The van der Waals surface area contributed by atoms with E-state index in [-0.39, 0.29) is 13.3 Å². The number of nitrogens with two attached hydrogens (primary N) is 1. The van der Waals surface area contributed by atoms with Crippen molar-refractivity contribution >= 4 is 22.0 Å². The van der Waals surface area contributed by atoms with Gasteiger partial charge in [0, 0.05) is 18.8 Å². The van der Waals surface area contributed by atoms with Crippen LogP contribution < -0.4 is 5.73 Å². The summed E-state index contributed by atoms with van der Waals surface area (Å²) in [6.07, 6.45) is 0.559. The molecule has 144 valence electrons. The average Bonchev–Trinajstić information content (AvgIpc) is 2.56. The maximum absolute atomic E-state index is 11.5. The van der Waals surface area contributed by atoms with Crippen LogP contribution in [0.25, 0.3) is 0 Å². The molecular weight excluding hydrogens is 348 g/mol. The highest BCUT2D eigenvalue weighted by Gasteiger charge is 2.25. The number of aliphatic hydroxyl groups is 1. The number of para-hydroxylation sites is 1. The van der Waals surface area contributed by atoms with Crippen molar-refractivity contribution in [2.45, 2.75) is 34.1 Å². The Morgan fingerprint density at radius 2 is 1.80 bits per heavy atom. The minimum absolute atomic E-state index is 0.175. The normalized spacial score (nSPS) is 11.0. The quantitative estimate of drug-likeness (QED) is 0.519. The van der Waals surface area contributed by atoms with Gasteiger partial charge in [-0.1, -0.05) is 25.1 Å². The number of hydrogen-bond donors (Lipinski definition) is 2. The van der Waals surface area contributed by atoms with E-state index >= 15 is 0 Å². The van der Waals surface area contributed by atoms with Gasteiger partial charge >= 0.3 is 16.3 Å². The van der Waals surface area contributed by atoms with Crippen molar-refractivity contribution in [3.63, 3.8) is 0 Å². The summed E-state index contributed by atoms with van der Waals surface area (Å²) in [4.78, 5) is 10.7. The molecule has 8 nitrogen and oxygen atoms in total. The van der Waals surface area contributed by atoms with Gasteiger partial charge in [-0.25, -0.2) is 4.79 Å². The number of nitrogens with zero attached hydrogens (tertiary/aromatic N) is 1. The zero-order valence-corrected chi connectivity index (χ0v) is 16.0. The molecule has 0 bridgehead atoms. The van der Waals surface area contributed by atoms with Gasteiger partial charge in [-0.05, 0) is 38.3 Å². The summed E-state index contributed by atoms with van der Waals surface area (Å²) in [5, 5.41) is 8.40.